The van der Waals surface area contributed by atoms with Crippen molar-refractivity contribution in [1.82, 2.24) is 19.9 Å². The number of carbonyl (C=O) groups excluding carboxylic acids is 1. The predicted molar refractivity (Wildman–Crippen MR) is 152 cm³/mol. The Balaban J connectivity index is 1.55. The van der Waals surface area contributed by atoms with Crippen molar-refractivity contribution in [3.63, 3.8) is 0 Å². The highest BCUT2D eigenvalue weighted by atomic mass is 32.1. The van der Waals surface area contributed by atoms with Gasteiger partial charge in [0.25, 0.3) is 5.91 Å². The SMILES string of the molecule is CCOc1cc2c(Nc3cccc(-c4nc(C(N)=O)cs4)c3)nc(CN3CCOCC3)nc2cc1OC(C)C. The Labute approximate surface area is 231 Å². The van der Waals surface area contributed by atoms with Crippen molar-refractivity contribution in [2.24, 2.45) is 5.73 Å². The van der Waals surface area contributed by atoms with E-state index in [9.17, 15) is 4.79 Å². The van der Waals surface area contributed by atoms with Crippen LogP contribution in [-0.4, -0.2) is 64.8 Å². The van der Waals surface area contributed by atoms with E-state index in [2.05, 4.69) is 15.2 Å². The highest BCUT2D eigenvalue weighted by Crippen LogP contribution is 2.36. The fourth-order valence-electron chi connectivity index (χ4n) is 4.31. The zero-order chi connectivity index (χ0) is 27.4. The lowest BCUT2D eigenvalue weighted by atomic mass is 10.1. The Hall–Kier alpha value is -3.80. The lowest BCUT2D eigenvalue weighted by Crippen LogP contribution is -2.36. The first-order chi connectivity index (χ1) is 18.9. The van der Waals surface area contributed by atoms with Crippen molar-refractivity contribution in [3.05, 3.63) is 53.3 Å². The summed E-state index contributed by atoms with van der Waals surface area (Å²) in [5.41, 5.74) is 8.10. The van der Waals surface area contributed by atoms with E-state index in [0.717, 1.165) is 35.2 Å². The van der Waals surface area contributed by atoms with Crippen LogP contribution < -0.4 is 20.5 Å². The van der Waals surface area contributed by atoms with Crippen molar-refractivity contribution in [1.29, 1.82) is 0 Å². The van der Waals surface area contributed by atoms with E-state index in [-0.39, 0.29) is 11.8 Å². The number of carbonyl (C=O) groups is 1. The number of amides is 1. The number of nitrogens with two attached hydrogens (primary N) is 1. The molecule has 1 aliphatic heterocycles. The minimum atomic E-state index is -0.544. The Kier molecular flexibility index (Phi) is 8.20. The van der Waals surface area contributed by atoms with Crippen molar-refractivity contribution < 1.29 is 19.0 Å². The molecule has 2 aromatic heterocycles. The van der Waals surface area contributed by atoms with Crippen LogP contribution in [0.15, 0.2) is 41.8 Å². The summed E-state index contributed by atoms with van der Waals surface area (Å²) in [5.74, 6) is 2.11. The number of hydrogen-bond acceptors (Lipinski definition) is 10. The summed E-state index contributed by atoms with van der Waals surface area (Å²) in [4.78, 5) is 28.0. The Morgan fingerprint density at radius 1 is 1.15 bits per heavy atom. The Bertz CT molecular complexity index is 1470. The van der Waals surface area contributed by atoms with Gasteiger partial charge in [-0.1, -0.05) is 12.1 Å². The lowest BCUT2D eigenvalue weighted by Gasteiger charge is -2.26. The van der Waals surface area contributed by atoms with Crippen molar-refractivity contribution in [2.45, 2.75) is 33.4 Å². The molecule has 11 heteroatoms. The van der Waals surface area contributed by atoms with Crippen molar-refractivity contribution in [3.8, 4) is 22.1 Å². The molecule has 1 aliphatic rings. The summed E-state index contributed by atoms with van der Waals surface area (Å²) >= 11 is 1.37. The van der Waals surface area contributed by atoms with Crippen LogP contribution in [0, 0.1) is 0 Å². The first-order valence-electron chi connectivity index (χ1n) is 13.0. The number of hydrogen-bond donors (Lipinski definition) is 2. The van der Waals surface area contributed by atoms with Gasteiger partial charge in [-0.25, -0.2) is 15.0 Å². The summed E-state index contributed by atoms with van der Waals surface area (Å²) < 4.78 is 17.5. The summed E-state index contributed by atoms with van der Waals surface area (Å²) in [7, 11) is 0. The van der Waals surface area contributed by atoms with E-state index in [0.29, 0.717) is 54.5 Å². The summed E-state index contributed by atoms with van der Waals surface area (Å²) in [6.45, 7) is 10.1. The van der Waals surface area contributed by atoms with E-state index in [4.69, 9.17) is 29.9 Å². The van der Waals surface area contributed by atoms with Crippen LogP contribution in [-0.2, 0) is 11.3 Å². The van der Waals surface area contributed by atoms with Crippen molar-refractivity contribution in [2.75, 3.05) is 38.2 Å². The van der Waals surface area contributed by atoms with Gasteiger partial charge in [-0.05, 0) is 39.0 Å². The van der Waals surface area contributed by atoms with Crippen LogP contribution in [0.25, 0.3) is 21.5 Å². The average Bonchev–Trinajstić information content (AvgIpc) is 3.41. The van der Waals surface area contributed by atoms with Crippen LogP contribution in [0.2, 0.25) is 0 Å². The molecule has 39 heavy (non-hydrogen) atoms. The van der Waals surface area contributed by atoms with E-state index in [1.807, 2.05) is 57.2 Å². The molecule has 0 atom stereocenters. The maximum atomic E-state index is 11.5. The number of aromatic nitrogens is 3. The summed E-state index contributed by atoms with van der Waals surface area (Å²) in [5, 5.41) is 6.68. The van der Waals surface area contributed by atoms with Crippen LogP contribution in [0.4, 0.5) is 11.5 Å². The number of ether oxygens (including phenoxy) is 3. The monoisotopic (exact) mass is 548 g/mol. The van der Waals surface area contributed by atoms with Gasteiger partial charge >= 0.3 is 0 Å². The molecule has 0 unspecified atom stereocenters. The number of benzene rings is 2. The van der Waals surface area contributed by atoms with Crippen molar-refractivity contribution >= 4 is 39.7 Å². The molecule has 3 N–H and O–H groups in total. The molecular formula is C28H32N6O4S. The maximum absolute atomic E-state index is 11.5. The van der Waals surface area contributed by atoms with Gasteiger partial charge in [-0.3, -0.25) is 9.69 Å². The normalized spacial score (nSPS) is 14.1. The molecule has 0 spiro atoms. The molecule has 4 aromatic rings. The van der Waals surface area contributed by atoms with Gasteiger partial charge in [-0.2, -0.15) is 0 Å². The molecule has 1 saturated heterocycles. The third-order valence-electron chi connectivity index (χ3n) is 6.07. The molecule has 0 saturated carbocycles. The lowest BCUT2D eigenvalue weighted by molar-refractivity contribution is 0.0331. The van der Waals surface area contributed by atoms with E-state index >= 15 is 0 Å². The number of nitrogens with zero attached hydrogens (tertiary/aromatic N) is 4. The molecule has 204 valence electrons. The molecule has 2 aromatic carbocycles. The van der Waals surface area contributed by atoms with Gasteiger partial charge in [0.2, 0.25) is 0 Å². The molecule has 1 fully saturated rings. The topological polar surface area (TPSA) is 125 Å². The highest BCUT2D eigenvalue weighted by Gasteiger charge is 2.18. The van der Waals surface area contributed by atoms with Gasteiger partial charge in [0.05, 0.1) is 38.0 Å². The summed E-state index contributed by atoms with van der Waals surface area (Å²) in [6.07, 6.45) is -0.0161. The largest absolute Gasteiger partial charge is 0.490 e. The second kappa shape index (κ2) is 11.9. The average molecular weight is 549 g/mol. The molecule has 10 nitrogen and oxygen atoms in total. The fraction of sp³-hybridized carbons (Fsp3) is 0.357. The van der Waals surface area contributed by atoms with E-state index in [1.54, 1.807) is 5.38 Å². The third-order valence-corrected chi connectivity index (χ3v) is 6.96. The minimum Gasteiger partial charge on any atom is -0.490 e. The van der Waals surface area contributed by atoms with Crippen LogP contribution in [0.5, 0.6) is 11.5 Å². The smallest absolute Gasteiger partial charge is 0.268 e. The van der Waals surface area contributed by atoms with Gasteiger partial charge in [0.15, 0.2) is 11.5 Å². The number of thiazole rings is 1. The second-order valence-corrected chi connectivity index (χ2v) is 10.3. The van der Waals surface area contributed by atoms with Crippen LogP contribution in [0.1, 0.15) is 37.1 Å². The van der Waals surface area contributed by atoms with E-state index in [1.165, 1.54) is 11.3 Å². The molecule has 1 amide bonds. The third kappa shape index (κ3) is 6.44. The minimum absolute atomic E-state index is 0.0161. The standard InChI is InChI=1S/C28H32N6O4S/c1-4-37-23-13-20-21(14-24(23)38-17(2)3)31-25(15-34-8-10-36-11-9-34)33-27(20)30-19-7-5-6-18(12-19)28-32-22(16-39-28)26(29)35/h5-7,12-14,16-17H,4,8-11,15H2,1-3H3,(H2,29,35)(H,30,31,33). The predicted octanol–water partition coefficient (Wildman–Crippen LogP) is 4.61. The first-order valence-corrected chi connectivity index (χ1v) is 13.8. The maximum Gasteiger partial charge on any atom is 0.268 e. The zero-order valence-electron chi connectivity index (χ0n) is 22.3. The second-order valence-electron chi connectivity index (χ2n) is 9.40. The fourth-order valence-corrected chi connectivity index (χ4v) is 5.12. The van der Waals surface area contributed by atoms with Crippen LogP contribution >= 0.6 is 11.3 Å². The number of nitrogens with one attached hydrogen (secondary N) is 1. The molecule has 0 aliphatic carbocycles. The van der Waals surface area contributed by atoms with Gasteiger partial charge < -0.3 is 25.3 Å². The molecule has 0 bridgehead atoms. The molecule has 5 rings (SSSR count). The Morgan fingerprint density at radius 2 is 1.97 bits per heavy atom. The molecule has 3 heterocycles. The number of primary amides is 1. The zero-order valence-corrected chi connectivity index (χ0v) is 23.1. The highest BCUT2D eigenvalue weighted by molar-refractivity contribution is 7.13. The van der Waals surface area contributed by atoms with Gasteiger partial charge in [0, 0.05) is 41.2 Å². The number of morpholine rings is 1. The van der Waals surface area contributed by atoms with Gasteiger partial charge in [-0.15, -0.1) is 11.3 Å². The number of fused-ring (bicyclic) bond motifs is 1. The first kappa shape index (κ1) is 26.8. The number of anilines is 2. The Morgan fingerprint density at radius 3 is 2.69 bits per heavy atom. The number of rotatable bonds is 10. The van der Waals surface area contributed by atoms with E-state index < -0.39 is 5.91 Å². The molecular weight excluding hydrogens is 516 g/mol. The quantitative estimate of drug-likeness (QED) is 0.292. The molecule has 0 radical (unpaired) electrons. The van der Waals surface area contributed by atoms with Crippen LogP contribution in [0.3, 0.4) is 0 Å². The van der Waals surface area contributed by atoms with Gasteiger partial charge in [0.1, 0.15) is 22.3 Å². The summed E-state index contributed by atoms with van der Waals surface area (Å²) in [6, 6.07) is 11.7.